The van der Waals surface area contributed by atoms with Crippen molar-refractivity contribution in [2.75, 3.05) is 25.0 Å². The van der Waals surface area contributed by atoms with Crippen molar-refractivity contribution >= 4 is 23.3 Å². The van der Waals surface area contributed by atoms with E-state index in [-0.39, 0.29) is 27.1 Å². The monoisotopic (exact) mass is 474 g/mol. The van der Waals surface area contributed by atoms with Gasteiger partial charge in [-0.25, -0.2) is 0 Å². The SMILES string of the molecule is CC(=O)N1CCC2C3CCN[C@@H](N)[C@H]3CC[C@H]2C1.O=C(O)CC1Nc2ccccc2CCC1=O.[HH].[HH]. The number of hydrogen-bond acceptors (Lipinski definition) is 6. The Morgan fingerprint density at radius 2 is 1.91 bits per heavy atom. The average Bonchev–Trinajstić information content (AvgIpc) is 2.97. The molecule has 34 heavy (non-hydrogen) atoms. The van der Waals surface area contributed by atoms with E-state index < -0.39 is 12.0 Å². The van der Waals surface area contributed by atoms with Gasteiger partial charge in [0.2, 0.25) is 5.91 Å². The lowest BCUT2D eigenvalue weighted by atomic mass is 9.61. The Hall–Kier alpha value is -2.45. The van der Waals surface area contributed by atoms with E-state index in [1.165, 1.54) is 25.7 Å². The molecule has 8 heteroatoms. The number of aliphatic carboxylic acids is 1. The Labute approximate surface area is 204 Å². The third-order valence-electron chi connectivity index (χ3n) is 8.28. The number of amides is 1. The first-order chi connectivity index (χ1) is 16.3. The van der Waals surface area contributed by atoms with Crippen LogP contribution in [-0.2, 0) is 20.8 Å². The fourth-order valence-corrected chi connectivity index (χ4v) is 6.50. The van der Waals surface area contributed by atoms with Crippen LogP contribution in [0.15, 0.2) is 24.3 Å². The standard InChI is InChI=1S/C14H25N3O.C12H13NO3.2H2/c1-9(18)17-7-5-11-10(8-17)2-3-13-12(11)4-6-16-14(13)15;14-11-6-5-8-3-1-2-4-9(8)13-10(11)7-12(15)16;;/h10-14,16H,2-8,15H2,1H3;1-4,10,13H,5-7H2,(H,15,16);2*1H/t10-,11?,12?,13-,14+;;;/m0.../s1. The number of carbonyl (C=O) groups excluding carboxylic acids is 2. The molecule has 2 saturated heterocycles. The fourth-order valence-electron chi connectivity index (χ4n) is 6.50. The van der Waals surface area contributed by atoms with Crippen molar-refractivity contribution in [2.24, 2.45) is 29.4 Å². The van der Waals surface area contributed by atoms with Crippen molar-refractivity contribution in [1.29, 1.82) is 0 Å². The Morgan fingerprint density at radius 3 is 2.68 bits per heavy atom. The van der Waals surface area contributed by atoms with Crippen molar-refractivity contribution in [3.63, 3.8) is 0 Å². The van der Waals surface area contributed by atoms with E-state index in [0.29, 0.717) is 18.8 Å². The number of rotatable bonds is 2. The number of carboxylic acids is 1. The molecule has 1 aliphatic carbocycles. The van der Waals surface area contributed by atoms with Crippen LogP contribution < -0.4 is 16.4 Å². The van der Waals surface area contributed by atoms with Crippen LogP contribution in [0.3, 0.4) is 0 Å². The van der Waals surface area contributed by atoms with Gasteiger partial charge in [-0.1, -0.05) is 18.2 Å². The number of para-hydroxylation sites is 1. The van der Waals surface area contributed by atoms with Crippen LogP contribution in [0.1, 0.15) is 53.9 Å². The summed E-state index contributed by atoms with van der Waals surface area (Å²) in [4.78, 5) is 35.9. The van der Waals surface area contributed by atoms with Crippen LogP contribution in [0.25, 0.3) is 0 Å². The second-order valence-corrected chi connectivity index (χ2v) is 10.3. The van der Waals surface area contributed by atoms with Gasteiger partial charge >= 0.3 is 5.97 Å². The summed E-state index contributed by atoms with van der Waals surface area (Å²) in [5, 5.41) is 15.2. The van der Waals surface area contributed by atoms with Crippen LogP contribution >= 0.6 is 0 Å². The summed E-state index contributed by atoms with van der Waals surface area (Å²) in [7, 11) is 0. The number of aryl methyl sites for hydroxylation is 1. The minimum atomic E-state index is -0.953. The maximum Gasteiger partial charge on any atom is 0.305 e. The number of nitrogens with two attached hydrogens (primary N) is 1. The van der Waals surface area contributed by atoms with Gasteiger partial charge in [-0.3, -0.25) is 14.4 Å². The number of ketones is 1. The molecule has 8 nitrogen and oxygen atoms in total. The number of Topliss-reactive ketones (excluding diaryl/α,β-unsaturated/α-hetero) is 1. The van der Waals surface area contributed by atoms with Gasteiger partial charge in [0, 0.05) is 35.0 Å². The summed E-state index contributed by atoms with van der Waals surface area (Å²) < 4.78 is 0. The predicted molar refractivity (Wildman–Crippen MR) is 134 cm³/mol. The van der Waals surface area contributed by atoms with Crippen LogP contribution in [0.2, 0.25) is 0 Å². The number of carboxylic acid groups (broad SMARTS) is 1. The van der Waals surface area contributed by atoms with E-state index in [1.807, 2.05) is 29.2 Å². The van der Waals surface area contributed by atoms with Gasteiger partial charge < -0.3 is 26.4 Å². The topological polar surface area (TPSA) is 125 Å². The first-order valence-electron chi connectivity index (χ1n) is 12.7. The van der Waals surface area contributed by atoms with E-state index in [1.54, 1.807) is 6.92 Å². The van der Waals surface area contributed by atoms with Gasteiger partial charge in [0.25, 0.3) is 0 Å². The number of anilines is 1. The summed E-state index contributed by atoms with van der Waals surface area (Å²) in [5.41, 5.74) is 8.16. The lowest BCUT2D eigenvalue weighted by molar-refractivity contribution is -0.139. The summed E-state index contributed by atoms with van der Waals surface area (Å²) in [6, 6.07) is 7.03. The number of likely N-dealkylation sites (tertiary alicyclic amines) is 1. The molecule has 1 aromatic carbocycles. The maximum absolute atomic E-state index is 11.7. The minimum absolute atomic E-state index is 0. The van der Waals surface area contributed by atoms with Crippen molar-refractivity contribution in [3.8, 4) is 0 Å². The van der Waals surface area contributed by atoms with Crippen molar-refractivity contribution in [2.45, 2.75) is 64.1 Å². The second-order valence-electron chi connectivity index (χ2n) is 10.3. The largest absolute Gasteiger partial charge is 0.481 e. The number of piperidine rings is 2. The molecule has 0 aromatic heterocycles. The zero-order chi connectivity index (χ0) is 24.2. The first-order valence-corrected chi connectivity index (χ1v) is 12.7. The molecular formula is C26H42N4O4. The normalized spacial score (nSPS) is 32.5. The van der Waals surface area contributed by atoms with Crippen molar-refractivity contribution in [3.05, 3.63) is 29.8 Å². The lowest BCUT2D eigenvalue weighted by Gasteiger charge is -2.51. The van der Waals surface area contributed by atoms with E-state index >= 15 is 0 Å². The number of hydrogen-bond donors (Lipinski definition) is 4. The molecular weight excluding hydrogens is 432 g/mol. The smallest absolute Gasteiger partial charge is 0.305 e. The number of nitrogens with one attached hydrogen (secondary N) is 2. The van der Waals surface area contributed by atoms with Gasteiger partial charge in [0.1, 0.15) is 0 Å². The molecule has 0 spiro atoms. The predicted octanol–water partition coefficient (Wildman–Crippen LogP) is 2.72. The molecule has 3 fully saturated rings. The van der Waals surface area contributed by atoms with Gasteiger partial charge in [0.15, 0.2) is 5.78 Å². The second kappa shape index (κ2) is 10.9. The molecule has 0 radical (unpaired) electrons. The summed E-state index contributed by atoms with van der Waals surface area (Å²) in [6.07, 6.45) is 6.09. The Morgan fingerprint density at radius 1 is 1.12 bits per heavy atom. The van der Waals surface area contributed by atoms with Crippen LogP contribution in [0.5, 0.6) is 0 Å². The average molecular weight is 475 g/mol. The Kier molecular flexibility index (Phi) is 7.88. The highest BCUT2D eigenvalue weighted by atomic mass is 16.4. The van der Waals surface area contributed by atoms with Crippen LogP contribution in [-0.4, -0.2) is 59.5 Å². The Bertz CT molecular complexity index is 918. The third-order valence-corrected chi connectivity index (χ3v) is 8.28. The minimum Gasteiger partial charge on any atom is -0.481 e. The van der Waals surface area contributed by atoms with Crippen LogP contribution in [0.4, 0.5) is 5.69 Å². The quantitative estimate of drug-likeness (QED) is 0.519. The van der Waals surface area contributed by atoms with Crippen molar-refractivity contribution < 1.29 is 22.3 Å². The third kappa shape index (κ3) is 5.61. The molecule has 0 bridgehead atoms. The summed E-state index contributed by atoms with van der Waals surface area (Å²) >= 11 is 0. The molecule has 1 aromatic rings. The molecule has 3 aliphatic heterocycles. The van der Waals surface area contributed by atoms with Gasteiger partial charge in [0.05, 0.1) is 18.6 Å². The highest BCUT2D eigenvalue weighted by Crippen LogP contribution is 2.46. The molecule has 3 unspecified atom stereocenters. The van der Waals surface area contributed by atoms with E-state index in [4.69, 9.17) is 10.8 Å². The maximum atomic E-state index is 11.7. The van der Waals surface area contributed by atoms with E-state index in [9.17, 15) is 14.4 Å². The molecule has 4 aliphatic rings. The van der Waals surface area contributed by atoms with Gasteiger partial charge in [-0.15, -0.1) is 0 Å². The summed E-state index contributed by atoms with van der Waals surface area (Å²) in [5.74, 6) is 2.28. The summed E-state index contributed by atoms with van der Waals surface area (Å²) in [6.45, 7) is 4.72. The number of benzene rings is 1. The lowest BCUT2D eigenvalue weighted by Crippen LogP contribution is -2.58. The molecule has 190 valence electrons. The zero-order valence-corrected chi connectivity index (χ0v) is 20.0. The Balaban J connectivity index is 0.000000242. The van der Waals surface area contributed by atoms with E-state index in [0.717, 1.165) is 48.6 Å². The molecule has 1 saturated carbocycles. The fraction of sp³-hybridized carbons (Fsp3) is 0.654. The highest BCUT2D eigenvalue weighted by molar-refractivity contribution is 5.91. The number of fused-ring (bicyclic) bond motifs is 4. The molecule has 3 heterocycles. The highest BCUT2D eigenvalue weighted by Gasteiger charge is 2.45. The van der Waals surface area contributed by atoms with Crippen LogP contribution in [0, 0.1) is 23.7 Å². The number of nitrogens with zero attached hydrogens (tertiary/aromatic N) is 1. The van der Waals surface area contributed by atoms with Gasteiger partial charge in [-0.2, -0.15) is 0 Å². The molecule has 5 rings (SSSR count). The number of carbonyl (C=O) groups is 3. The zero-order valence-electron chi connectivity index (χ0n) is 20.0. The molecule has 6 atom stereocenters. The van der Waals surface area contributed by atoms with Gasteiger partial charge in [-0.05, 0) is 74.0 Å². The molecule has 1 amide bonds. The van der Waals surface area contributed by atoms with E-state index in [2.05, 4.69) is 10.6 Å². The molecule has 5 N–H and O–H groups in total. The van der Waals surface area contributed by atoms with Crippen molar-refractivity contribution in [1.82, 2.24) is 10.2 Å². The first kappa shape index (κ1) is 24.7.